The van der Waals surface area contributed by atoms with Crippen LogP contribution in [0.25, 0.3) is 0 Å². The van der Waals surface area contributed by atoms with Crippen LogP contribution in [0.3, 0.4) is 0 Å². The summed E-state index contributed by atoms with van der Waals surface area (Å²) in [4.78, 5) is 17.5. The second-order valence-electron chi connectivity index (χ2n) is 5.44. The molecule has 1 atom stereocenters. The van der Waals surface area contributed by atoms with Gasteiger partial charge in [0.15, 0.2) is 0 Å². The Bertz CT molecular complexity index is 769. The average molecular weight is 377 g/mol. The molecule has 1 unspecified atom stereocenters. The zero-order valence-electron chi connectivity index (χ0n) is 12.9. The highest BCUT2D eigenvalue weighted by Crippen LogP contribution is 2.20. The minimum Gasteiger partial charge on any atom is -0.382 e. The van der Waals surface area contributed by atoms with Crippen molar-refractivity contribution in [3.8, 4) is 0 Å². The van der Waals surface area contributed by atoms with Crippen molar-refractivity contribution in [3.05, 3.63) is 51.8 Å². The highest BCUT2D eigenvalue weighted by Gasteiger charge is 2.28. The van der Waals surface area contributed by atoms with Crippen molar-refractivity contribution in [2.75, 3.05) is 0 Å². The monoisotopic (exact) mass is 376 g/mol. The van der Waals surface area contributed by atoms with Gasteiger partial charge in [-0.2, -0.15) is 5.10 Å². The lowest BCUT2D eigenvalue weighted by molar-refractivity contribution is -0.131. The molecule has 23 heavy (non-hydrogen) atoms. The van der Waals surface area contributed by atoms with E-state index in [0.717, 1.165) is 27.0 Å². The van der Waals surface area contributed by atoms with Crippen LogP contribution in [0, 0.1) is 6.92 Å². The minimum atomic E-state index is -0.582. The van der Waals surface area contributed by atoms with Crippen molar-refractivity contribution in [3.63, 3.8) is 0 Å². The predicted octanol–water partition coefficient (Wildman–Crippen LogP) is 2.30. The number of aromatic nitrogens is 2. The number of rotatable bonds is 4. The van der Waals surface area contributed by atoms with E-state index in [1.165, 1.54) is 0 Å². The van der Waals surface area contributed by atoms with E-state index in [1.54, 1.807) is 10.9 Å². The smallest absolute Gasteiger partial charge is 0.264 e. The van der Waals surface area contributed by atoms with Gasteiger partial charge in [0.2, 0.25) is 6.10 Å². The lowest BCUT2D eigenvalue weighted by Gasteiger charge is -2.09. The summed E-state index contributed by atoms with van der Waals surface area (Å²) in [7, 11) is 1.87. The normalized spacial score (nSPS) is 16.8. The molecule has 2 heterocycles. The number of hydrogen-bond donors (Lipinski definition) is 1. The standard InChI is InChI=1S/C16H17BrN4O2/c1-10-12(9-19-21(10)2)8-18-16(22)15-7-14(20-23-15)11-4-3-5-13(17)6-11/h3-6,9,15H,7-8H2,1-2H3,(H,18,22). The maximum absolute atomic E-state index is 12.2. The molecule has 2 aromatic rings. The number of carbonyl (C=O) groups excluding carboxylic acids is 1. The largest absolute Gasteiger partial charge is 0.382 e. The van der Waals surface area contributed by atoms with Crippen molar-refractivity contribution < 1.29 is 9.63 Å². The first-order chi connectivity index (χ1) is 11.0. The van der Waals surface area contributed by atoms with Gasteiger partial charge in [-0.1, -0.05) is 33.2 Å². The van der Waals surface area contributed by atoms with Crippen LogP contribution in [0.4, 0.5) is 0 Å². The summed E-state index contributed by atoms with van der Waals surface area (Å²) in [5, 5.41) is 11.1. The minimum absolute atomic E-state index is 0.165. The zero-order chi connectivity index (χ0) is 16.4. The Hall–Kier alpha value is -2.15. The summed E-state index contributed by atoms with van der Waals surface area (Å²) in [5.74, 6) is -0.165. The zero-order valence-corrected chi connectivity index (χ0v) is 14.5. The van der Waals surface area contributed by atoms with E-state index in [1.807, 2.05) is 38.2 Å². The van der Waals surface area contributed by atoms with Crippen LogP contribution in [0.15, 0.2) is 40.1 Å². The third-order valence-electron chi connectivity index (χ3n) is 3.91. The van der Waals surface area contributed by atoms with E-state index in [2.05, 4.69) is 31.5 Å². The summed E-state index contributed by atoms with van der Waals surface area (Å²) in [5.41, 5.74) is 3.76. The fraction of sp³-hybridized carbons (Fsp3) is 0.312. The molecule has 0 saturated heterocycles. The topological polar surface area (TPSA) is 68.5 Å². The first kappa shape index (κ1) is 15.7. The number of halogens is 1. The van der Waals surface area contributed by atoms with Crippen molar-refractivity contribution in [1.82, 2.24) is 15.1 Å². The second-order valence-corrected chi connectivity index (χ2v) is 6.36. The lowest BCUT2D eigenvalue weighted by Crippen LogP contribution is -2.34. The second kappa shape index (κ2) is 6.54. The van der Waals surface area contributed by atoms with E-state index >= 15 is 0 Å². The molecule has 1 aliphatic heterocycles. The third-order valence-corrected chi connectivity index (χ3v) is 4.40. The van der Waals surface area contributed by atoms with Gasteiger partial charge in [0.25, 0.3) is 5.91 Å². The molecule has 1 amide bonds. The molecule has 6 nitrogen and oxygen atoms in total. The lowest BCUT2D eigenvalue weighted by atomic mass is 10.0. The molecule has 1 N–H and O–H groups in total. The number of nitrogens with zero attached hydrogens (tertiary/aromatic N) is 3. The molecular formula is C16H17BrN4O2. The Morgan fingerprint density at radius 1 is 1.52 bits per heavy atom. The Morgan fingerprint density at radius 2 is 2.35 bits per heavy atom. The van der Waals surface area contributed by atoms with Gasteiger partial charge in [0, 0.05) is 41.3 Å². The summed E-state index contributed by atoms with van der Waals surface area (Å²) >= 11 is 3.43. The fourth-order valence-electron chi connectivity index (χ4n) is 2.37. The number of hydrogen-bond acceptors (Lipinski definition) is 4. The summed E-state index contributed by atoms with van der Waals surface area (Å²) in [6.07, 6.45) is 1.64. The number of aryl methyl sites for hydroxylation is 1. The van der Waals surface area contributed by atoms with Gasteiger partial charge in [-0.15, -0.1) is 0 Å². The van der Waals surface area contributed by atoms with Crippen molar-refractivity contribution in [2.24, 2.45) is 12.2 Å². The van der Waals surface area contributed by atoms with Crippen LogP contribution in [0.1, 0.15) is 23.2 Å². The molecule has 120 valence electrons. The molecule has 0 bridgehead atoms. The first-order valence-corrected chi connectivity index (χ1v) is 8.07. The number of amides is 1. The van der Waals surface area contributed by atoms with Crippen molar-refractivity contribution >= 4 is 27.5 Å². The molecule has 0 aliphatic carbocycles. The number of carbonyl (C=O) groups is 1. The number of benzene rings is 1. The van der Waals surface area contributed by atoms with E-state index in [4.69, 9.17) is 4.84 Å². The van der Waals surface area contributed by atoms with Crippen LogP contribution < -0.4 is 5.32 Å². The van der Waals surface area contributed by atoms with Gasteiger partial charge in [0.05, 0.1) is 11.9 Å². The molecule has 0 fully saturated rings. The Labute approximate surface area is 142 Å². The van der Waals surface area contributed by atoms with Crippen LogP contribution in [-0.4, -0.2) is 27.5 Å². The number of oxime groups is 1. The molecule has 1 aliphatic rings. The first-order valence-electron chi connectivity index (χ1n) is 7.28. The molecule has 1 aromatic heterocycles. The average Bonchev–Trinajstić information content (AvgIpc) is 3.14. The highest BCUT2D eigenvalue weighted by atomic mass is 79.9. The van der Waals surface area contributed by atoms with Crippen molar-refractivity contribution in [1.29, 1.82) is 0 Å². The van der Waals surface area contributed by atoms with E-state index in [9.17, 15) is 4.79 Å². The molecule has 0 spiro atoms. The van der Waals surface area contributed by atoms with E-state index < -0.39 is 6.10 Å². The number of nitrogens with one attached hydrogen (secondary N) is 1. The molecule has 7 heteroatoms. The van der Waals surface area contributed by atoms with Gasteiger partial charge in [-0.25, -0.2) is 0 Å². The highest BCUT2D eigenvalue weighted by molar-refractivity contribution is 9.10. The molecule has 1 aromatic carbocycles. The Kier molecular flexibility index (Phi) is 4.47. The third kappa shape index (κ3) is 3.44. The SMILES string of the molecule is Cc1c(CNC(=O)C2CC(c3cccc(Br)c3)=NO2)cnn1C. The quantitative estimate of drug-likeness (QED) is 0.889. The van der Waals surface area contributed by atoms with Gasteiger partial charge in [-0.05, 0) is 19.1 Å². The molecular weight excluding hydrogens is 360 g/mol. The predicted molar refractivity (Wildman–Crippen MR) is 90.0 cm³/mol. The van der Waals surface area contributed by atoms with Gasteiger partial charge >= 0.3 is 0 Å². The van der Waals surface area contributed by atoms with Crippen molar-refractivity contribution in [2.45, 2.75) is 26.0 Å². The van der Waals surface area contributed by atoms with Gasteiger partial charge in [0.1, 0.15) is 0 Å². The van der Waals surface area contributed by atoms with Crippen LogP contribution in [0.5, 0.6) is 0 Å². The van der Waals surface area contributed by atoms with E-state index in [0.29, 0.717) is 13.0 Å². The summed E-state index contributed by atoms with van der Waals surface area (Å²) in [6.45, 7) is 2.40. The molecule has 3 rings (SSSR count). The maximum Gasteiger partial charge on any atom is 0.264 e. The van der Waals surface area contributed by atoms with Crippen LogP contribution in [0.2, 0.25) is 0 Å². The van der Waals surface area contributed by atoms with E-state index in [-0.39, 0.29) is 5.91 Å². The Morgan fingerprint density at radius 3 is 3.04 bits per heavy atom. The Balaban J connectivity index is 1.57. The summed E-state index contributed by atoms with van der Waals surface area (Å²) in [6, 6.07) is 7.79. The maximum atomic E-state index is 12.2. The van der Waals surface area contributed by atoms with Crippen LogP contribution in [-0.2, 0) is 23.2 Å². The van der Waals surface area contributed by atoms with Gasteiger partial charge in [-0.3, -0.25) is 9.48 Å². The van der Waals surface area contributed by atoms with Crippen LogP contribution >= 0.6 is 15.9 Å². The fourth-order valence-corrected chi connectivity index (χ4v) is 2.77. The van der Waals surface area contributed by atoms with Gasteiger partial charge < -0.3 is 10.2 Å². The molecule has 0 radical (unpaired) electrons. The molecule has 0 saturated carbocycles. The summed E-state index contributed by atoms with van der Waals surface area (Å²) < 4.78 is 2.75.